The summed E-state index contributed by atoms with van der Waals surface area (Å²) < 4.78 is 5.22. The van der Waals surface area contributed by atoms with Gasteiger partial charge >= 0.3 is 12.1 Å². The van der Waals surface area contributed by atoms with Gasteiger partial charge in [0.25, 0.3) is 5.91 Å². The molecule has 7 heteroatoms. The second-order valence-corrected chi connectivity index (χ2v) is 8.80. The molecule has 0 aromatic heterocycles. The van der Waals surface area contributed by atoms with Gasteiger partial charge in [0.2, 0.25) is 0 Å². The van der Waals surface area contributed by atoms with Crippen LogP contribution in [0, 0.1) is 5.92 Å². The lowest BCUT2D eigenvalue weighted by atomic mass is 9.93. The molecule has 2 aliphatic rings. The van der Waals surface area contributed by atoms with E-state index < -0.39 is 11.7 Å². The van der Waals surface area contributed by atoms with Gasteiger partial charge in [0.15, 0.2) is 0 Å². The predicted octanol–water partition coefficient (Wildman–Crippen LogP) is 3.53. The van der Waals surface area contributed by atoms with Gasteiger partial charge in [-0.05, 0) is 51.5 Å². The van der Waals surface area contributed by atoms with Crippen LogP contribution in [0.5, 0.6) is 0 Å². The van der Waals surface area contributed by atoms with Crippen LogP contribution in [0.25, 0.3) is 0 Å². The molecule has 2 fully saturated rings. The van der Waals surface area contributed by atoms with Crippen molar-refractivity contribution < 1.29 is 19.1 Å². The number of alkyl carbamates (subject to hydrolysis) is 1. The van der Waals surface area contributed by atoms with E-state index in [0.29, 0.717) is 19.6 Å². The van der Waals surface area contributed by atoms with E-state index in [9.17, 15) is 14.4 Å². The average Bonchev–Trinajstić information content (AvgIpc) is 3.17. The van der Waals surface area contributed by atoms with Crippen molar-refractivity contribution in [3.05, 3.63) is 35.9 Å². The first kappa shape index (κ1) is 21.1. The lowest BCUT2D eigenvalue weighted by molar-refractivity contribution is -0.129. The van der Waals surface area contributed by atoms with Gasteiger partial charge in [0, 0.05) is 13.1 Å². The normalized spacial score (nSPS) is 21.5. The van der Waals surface area contributed by atoms with E-state index in [1.165, 1.54) is 4.90 Å². The fourth-order valence-electron chi connectivity index (χ4n) is 4.06. The number of hydrogen-bond donors (Lipinski definition) is 1. The van der Waals surface area contributed by atoms with Gasteiger partial charge in [-0.25, -0.2) is 9.59 Å². The average molecular weight is 402 g/mol. The number of fused-ring (bicyclic) bond motifs is 1. The summed E-state index contributed by atoms with van der Waals surface area (Å²) in [6.45, 7) is 7.01. The highest BCUT2D eigenvalue weighted by molar-refractivity contribution is 6.04. The first-order valence-corrected chi connectivity index (χ1v) is 10.4. The molecule has 1 aromatic carbocycles. The highest BCUT2D eigenvalue weighted by Gasteiger charge is 2.51. The summed E-state index contributed by atoms with van der Waals surface area (Å²) in [5.41, 5.74) is 0.457. The molecule has 0 spiro atoms. The molecule has 29 heavy (non-hydrogen) atoms. The molecule has 0 saturated carbocycles. The molecule has 1 aromatic rings. The Kier molecular flexibility index (Phi) is 6.45. The number of benzene rings is 1. The van der Waals surface area contributed by atoms with Gasteiger partial charge in [-0.2, -0.15) is 0 Å². The van der Waals surface area contributed by atoms with Crippen molar-refractivity contribution in [1.29, 1.82) is 0 Å². The topological polar surface area (TPSA) is 79.0 Å². The third-order valence-corrected chi connectivity index (χ3v) is 5.37. The molecule has 2 aliphatic heterocycles. The minimum atomic E-state index is -0.502. The summed E-state index contributed by atoms with van der Waals surface area (Å²) in [4.78, 5) is 40.4. The van der Waals surface area contributed by atoms with E-state index >= 15 is 0 Å². The van der Waals surface area contributed by atoms with Crippen molar-refractivity contribution in [2.24, 2.45) is 5.92 Å². The number of nitrogens with one attached hydrogen (secondary N) is 1. The van der Waals surface area contributed by atoms with Crippen LogP contribution in [0.1, 0.15) is 52.0 Å². The zero-order valence-electron chi connectivity index (χ0n) is 17.5. The van der Waals surface area contributed by atoms with Crippen molar-refractivity contribution in [3.8, 4) is 0 Å². The largest absolute Gasteiger partial charge is 0.444 e. The molecule has 0 bridgehead atoms. The third kappa shape index (κ3) is 5.28. The second-order valence-electron chi connectivity index (χ2n) is 8.80. The molecule has 0 aliphatic carbocycles. The lowest BCUT2D eigenvalue weighted by Crippen LogP contribution is -2.34. The van der Waals surface area contributed by atoms with E-state index in [-0.39, 0.29) is 23.9 Å². The number of carbonyl (C=O) groups is 3. The minimum absolute atomic E-state index is 0.0757. The van der Waals surface area contributed by atoms with E-state index in [0.717, 1.165) is 31.2 Å². The number of nitrogens with zero attached hydrogens (tertiary/aromatic N) is 2. The molecular formula is C22H31N3O4. The Bertz CT molecular complexity index is 744. The molecule has 7 nitrogen and oxygen atoms in total. The number of urea groups is 1. The van der Waals surface area contributed by atoms with E-state index in [1.54, 1.807) is 4.90 Å². The summed E-state index contributed by atoms with van der Waals surface area (Å²) in [5.74, 6) is 0.113. The van der Waals surface area contributed by atoms with Crippen LogP contribution in [0.3, 0.4) is 0 Å². The molecule has 2 saturated heterocycles. The number of carbonyl (C=O) groups excluding carboxylic acids is 3. The summed E-state index contributed by atoms with van der Waals surface area (Å²) >= 11 is 0. The van der Waals surface area contributed by atoms with Crippen LogP contribution in [-0.2, 0) is 16.1 Å². The van der Waals surface area contributed by atoms with Crippen LogP contribution in [0.15, 0.2) is 30.3 Å². The second kappa shape index (κ2) is 8.84. The van der Waals surface area contributed by atoms with E-state index in [4.69, 9.17) is 4.74 Å². The Morgan fingerprint density at radius 2 is 1.90 bits per heavy atom. The molecule has 3 rings (SSSR count). The Hall–Kier alpha value is -2.57. The van der Waals surface area contributed by atoms with E-state index in [1.807, 2.05) is 51.1 Å². The minimum Gasteiger partial charge on any atom is -0.444 e. The first-order chi connectivity index (χ1) is 13.8. The highest BCUT2D eigenvalue weighted by atomic mass is 16.6. The number of hydrogen-bond acceptors (Lipinski definition) is 4. The monoisotopic (exact) mass is 401 g/mol. The summed E-state index contributed by atoms with van der Waals surface area (Å²) in [6, 6.07) is 9.11. The maximum Gasteiger partial charge on any atom is 0.407 e. The smallest absolute Gasteiger partial charge is 0.407 e. The van der Waals surface area contributed by atoms with Gasteiger partial charge in [0.1, 0.15) is 11.6 Å². The Balaban J connectivity index is 1.45. The predicted molar refractivity (Wildman–Crippen MR) is 109 cm³/mol. The quantitative estimate of drug-likeness (QED) is 0.560. The standard InChI is InChI=1S/C22H31N3O4/c1-22(2,3)29-20(27)23-13-8-7-11-17-12-14-24-18(17)19(26)25(21(24)28)15-16-9-5-4-6-10-16/h4-6,9-10,17-18H,7-8,11-15H2,1-3H3,(H,23,27)/t17-,18?/m0/s1. The van der Waals surface area contributed by atoms with Crippen molar-refractivity contribution in [2.45, 2.75) is 64.6 Å². The van der Waals surface area contributed by atoms with Crippen LogP contribution >= 0.6 is 0 Å². The van der Waals surface area contributed by atoms with Crippen LogP contribution < -0.4 is 5.32 Å². The van der Waals surface area contributed by atoms with Crippen molar-refractivity contribution in [2.75, 3.05) is 13.1 Å². The molecule has 1 N–H and O–H groups in total. The van der Waals surface area contributed by atoms with Crippen molar-refractivity contribution in [3.63, 3.8) is 0 Å². The van der Waals surface area contributed by atoms with Crippen LogP contribution in [0.4, 0.5) is 9.59 Å². The Labute approximate surface area is 172 Å². The first-order valence-electron chi connectivity index (χ1n) is 10.4. The Morgan fingerprint density at radius 1 is 1.17 bits per heavy atom. The summed E-state index contributed by atoms with van der Waals surface area (Å²) in [6.07, 6.45) is 3.04. The molecular weight excluding hydrogens is 370 g/mol. The number of rotatable bonds is 7. The van der Waals surface area contributed by atoms with Gasteiger partial charge in [0.05, 0.1) is 6.54 Å². The zero-order valence-corrected chi connectivity index (χ0v) is 17.5. The number of amides is 4. The Morgan fingerprint density at radius 3 is 2.59 bits per heavy atom. The highest BCUT2D eigenvalue weighted by Crippen LogP contribution is 2.35. The van der Waals surface area contributed by atoms with Gasteiger partial charge in [-0.3, -0.25) is 9.69 Å². The maximum absolute atomic E-state index is 12.9. The zero-order chi connectivity index (χ0) is 21.0. The maximum atomic E-state index is 12.9. The van der Waals surface area contributed by atoms with Crippen molar-refractivity contribution in [1.82, 2.24) is 15.1 Å². The van der Waals surface area contributed by atoms with Crippen LogP contribution in [-0.4, -0.2) is 52.6 Å². The lowest BCUT2D eigenvalue weighted by Gasteiger charge is -2.20. The molecule has 1 unspecified atom stereocenters. The molecule has 2 atom stereocenters. The fourth-order valence-corrected chi connectivity index (χ4v) is 4.06. The van der Waals surface area contributed by atoms with Crippen molar-refractivity contribution >= 4 is 18.0 Å². The molecule has 0 radical (unpaired) electrons. The van der Waals surface area contributed by atoms with Gasteiger partial charge < -0.3 is 15.0 Å². The molecule has 158 valence electrons. The van der Waals surface area contributed by atoms with Gasteiger partial charge in [-0.1, -0.05) is 36.8 Å². The SMILES string of the molecule is CC(C)(C)OC(=O)NCCCC[C@H]1CCN2C(=O)N(Cc3ccccc3)C(=O)C12. The molecule has 4 amide bonds. The molecule has 2 heterocycles. The number of unbranched alkanes of at least 4 members (excludes halogenated alkanes) is 1. The van der Waals surface area contributed by atoms with Gasteiger partial charge in [-0.15, -0.1) is 0 Å². The summed E-state index contributed by atoms with van der Waals surface area (Å²) in [7, 11) is 0. The third-order valence-electron chi connectivity index (χ3n) is 5.37. The van der Waals surface area contributed by atoms with E-state index in [2.05, 4.69) is 5.32 Å². The summed E-state index contributed by atoms with van der Waals surface area (Å²) in [5, 5.41) is 2.76. The fraction of sp³-hybridized carbons (Fsp3) is 0.591. The number of ether oxygens (including phenoxy) is 1. The number of imide groups is 1. The van der Waals surface area contributed by atoms with Crippen LogP contribution in [0.2, 0.25) is 0 Å².